The minimum atomic E-state index is 0.466. The molecule has 0 bridgehead atoms. The van der Waals surface area contributed by atoms with Gasteiger partial charge >= 0.3 is 0 Å². The highest BCUT2D eigenvalue weighted by Crippen LogP contribution is 2.28. The van der Waals surface area contributed by atoms with Crippen LogP contribution in [0, 0.1) is 0 Å². The molecule has 4 heteroatoms. The van der Waals surface area contributed by atoms with Crippen molar-refractivity contribution in [3.05, 3.63) is 23.8 Å². The molecular weight excluding hydrogens is 254 g/mol. The second kappa shape index (κ2) is 9.61. The molecule has 1 aromatic carbocycles. The van der Waals surface area contributed by atoms with Crippen LogP contribution in [0.25, 0.3) is 0 Å². The Balaban J connectivity index is 2.67. The van der Waals surface area contributed by atoms with E-state index in [1.807, 2.05) is 6.07 Å². The standard InChI is InChI=1S/C16H27NO3/c1-5-17-14(7-6-10-18-2)11-13-8-9-15(19-3)16(12-13)20-4/h8-9,12,14,17H,5-7,10-11H2,1-4H3. The summed E-state index contributed by atoms with van der Waals surface area (Å²) in [7, 11) is 5.07. The van der Waals surface area contributed by atoms with E-state index in [-0.39, 0.29) is 0 Å². The van der Waals surface area contributed by atoms with Crippen molar-refractivity contribution in [1.29, 1.82) is 0 Å². The van der Waals surface area contributed by atoms with Crippen molar-refractivity contribution in [1.82, 2.24) is 5.32 Å². The number of ether oxygens (including phenoxy) is 3. The Labute approximate surface area is 122 Å². The predicted molar refractivity (Wildman–Crippen MR) is 81.8 cm³/mol. The Kier molecular flexibility index (Phi) is 8.07. The van der Waals surface area contributed by atoms with Crippen LogP contribution in [0.4, 0.5) is 0 Å². The summed E-state index contributed by atoms with van der Waals surface area (Å²) in [5.41, 5.74) is 1.26. The van der Waals surface area contributed by atoms with E-state index in [0.717, 1.165) is 43.9 Å². The normalized spacial score (nSPS) is 12.2. The maximum atomic E-state index is 5.35. The zero-order valence-corrected chi connectivity index (χ0v) is 13.1. The third kappa shape index (κ3) is 5.39. The van der Waals surface area contributed by atoms with Crippen molar-refractivity contribution >= 4 is 0 Å². The minimum Gasteiger partial charge on any atom is -0.493 e. The van der Waals surface area contributed by atoms with Crippen LogP contribution in [0.1, 0.15) is 25.3 Å². The average molecular weight is 281 g/mol. The fourth-order valence-corrected chi connectivity index (χ4v) is 2.33. The molecule has 1 aromatic rings. The summed E-state index contributed by atoms with van der Waals surface area (Å²) in [6.07, 6.45) is 3.16. The van der Waals surface area contributed by atoms with Crippen LogP contribution in [0.5, 0.6) is 11.5 Å². The van der Waals surface area contributed by atoms with E-state index >= 15 is 0 Å². The highest BCUT2D eigenvalue weighted by Gasteiger charge is 2.11. The number of hydrogen-bond acceptors (Lipinski definition) is 4. The van der Waals surface area contributed by atoms with E-state index in [1.54, 1.807) is 21.3 Å². The van der Waals surface area contributed by atoms with Crippen LogP contribution in [0.2, 0.25) is 0 Å². The van der Waals surface area contributed by atoms with Crippen LogP contribution < -0.4 is 14.8 Å². The first-order valence-electron chi connectivity index (χ1n) is 7.18. The molecule has 0 saturated carbocycles. The fraction of sp³-hybridized carbons (Fsp3) is 0.625. The lowest BCUT2D eigenvalue weighted by Gasteiger charge is -2.18. The summed E-state index contributed by atoms with van der Waals surface area (Å²) in [6.45, 7) is 3.93. The molecule has 1 rings (SSSR count). The largest absolute Gasteiger partial charge is 0.493 e. The monoisotopic (exact) mass is 281 g/mol. The number of likely N-dealkylation sites (N-methyl/N-ethyl adjacent to an activating group) is 1. The van der Waals surface area contributed by atoms with Crippen LogP contribution in [-0.4, -0.2) is 40.5 Å². The molecular formula is C16H27NO3. The summed E-state index contributed by atoms with van der Waals surface area (Å²) in [6, 6.07) is 6.58. The molecule has 0 saturated heterocycles. The van der Waals surface area contributed by atoms with Crippen molar-refractivity contribution < 1.29 is 14.2 Å². The van der Waals surface area contributed by atoms with Gasteiger partial charge in [0.1, 0.15) is 0 Å². The van der Waals surface area contributed by atoms with Gasteiger partial charge in [0, 0.05) is 19.8 Å². The second-order valence-corrected chi connectivity index (χ2v) is 4.78. The van der Waals surface area contributed by atoms with E-state index in [9.17, 15) is 0 Å². The Morgan fingerprint density at radius 1 is 1.10 bits per heavy atom. The van der Waals surface area contributed by atoms with Crippen molar-refractivity contribution in [2.75, 3.05) is 34.5 Å². The van der Waals surface area contributed by atoms with Gasteiger partial charge in [-0.3, -0.25) is 0 Å². The smallest absolute Gasteiger partial charge is 0.160 e. The van der Waals surface area contributed by atoms with Crippen molar-refractivity contribution in [2.24, 2.45) is 0 Å². The predicted octanol–water partition coefficient (Wildman–Crippen LogP) is 2.65. The molecule has 0 aromatic heterocycles. The molecule has 1 N–H and O–H groups in total. The molecule has 0 heterocycles. The lowest BCUT2D eigenvalue weighted by molar-refractivity contribution is 0.188. The van der Waals surface area contributed by atoms with Gasteiger partial charge in [-0.2, -0.15) is 0 Å². The summed E-state index contributed by atoms with van der Waals surface area (Å²) in [5.74, 6) is 1.56. The molecule has 0 spiro atoms. The number of benzene rings is 1. The van der Waals surface area contributed by atoms with Gasteiger partial charge in [-0.05, 0) is 43.5 Å². The Morgan fingerprint density at radius 2 is 1.85 bits per heavy atom. The molecule has 0 fully saturated rings. The summed E-state index contributed by atoms with van der Waals surface area (Å²) >= 11 is 0. The van der Waals surface area contributed by atoms with E-state index < -0.39 is 0 Å². The number of hydrogen-bond donors (Lipinski definition) is 1. The molecule has 4 nitrogen and oxygen atoms in total. The zero-order chi connectivity index (χ0) is 14.8. The number of methoxy groups -OCH3 is 3. The zero-order valence-electron chi connectivity index (χ0n) is 13.1. The summed E-state index contributed by atoms with van der Waals surface area (Å²) < 4.78 is 15.7. The molecule has 1 unspecified atom stereocenters. The van der Waals surface area contributed by atoms with Crippen LogP contribution in [0.15, 0.2) is 18.2 Å². The first-order chi connectivity index (χ1) is 9.74. The second-order valence-electron chi connectivity index (χ2n) is 4.78. The maximum absolute atomic E-state index is 5.35. The van der Waals surface area contributed by atoms with Gasteiger partial charge in [0.2, 0.25) is 0 Å². The fourth-order valence-electron chi connectivity index (χ4n) is 2.33. The minimum absolute atomic E-state index is 0.466. The maximum Gasteiger partial charge on any atom is 0.160 e. The molecule has 0 amide bonds. The van der Waals surface area contributed by atoms with E-state index in [1.165, 1.54) is 5.56 Å². The Bertz CT molecular complexity index is 382. The van der Waals surface area contributed by atoms with Gasteiger partial charge in [-0.15, -0.1) is 0 Å². The Morgan fingerprint density at radius 3 is 2.45 bits per heavy atom. The molecule has 1 atom stereocenters. The number of rotatable bonds is 10. The van der Waals surface area contributed by atoms with Gasteiger partial charge < -0.3 is 19.5 Å². The van der Waals surface area contributed by atoms with Crippen LogP contribution in [-0.2, 0) is 11.2 Å². The van der Waals surface area contributed by atoms with Gasteiger partial charge in [-0.25, -0.2) is 0 Å². The molecule has 0 aliphatic rings. The van der Waals surface area contributed by atoms with Crippen molar-refractivity contribution in [2.45, 2.75) is 32.2 Å². The van der Waals surface area contributed by atoms with E-state index in [4.69, 9.17) is 14.2 Å². The first-order valence-corrected chi connectivity index (χ1v) is 7.18. The molecule has 20 heavy (non-hydrogen) atoms. The molecule has 114 valence electrons. The topological polar surface area (TPSA) is 39.7 Å². The van der Waals surface area contributed by atoms with Gasteiger partial charge in [-0.1, -0.05) is 13.0 Å². The SMILES string of the molecule is CCNC(CCCOC)Cc1ccc(OC)c(OC)c1. The third-order valence-corrected chi connectivity index (χ3v) is 3.32. The third-order valence-electron chi connectivity index (χ3n) is 3.32. The van der Waals surface area contributed by atoms with Crippen molar-refractivity contribution in [3.63, 3.8) is 0 Å². The van der Waals surface area contributed by atoms with Crippen molar-refractivity contribution in [3.8, 4) is 11.5 Å². The average Bonchev–Trinajstić information content (AvgIpc) is 2.47. The number of nitrogens with one attached hydrogen (secondary N) is 1. The highest BCUT2D eigenvalue weighted by molar-refractivity contribution is 5.43. The quantitative estimate of drug-likeness (QED) is 0.669. The van der Waals surface area contributed by atoms with Gasteiger partial charge in [0.25, 0.3) is 0 Å². The summed E-state index contributed by atoms with van der Waals surface area (Å²) in [5, 5.41) is 3.53. The lowest BCUT2D eigenvalue weighted by atomic mass is 10.0. The first kappa shape index (κ1) is 16.8. The lowest BCUT2D eigenvalue weighted by Crippen LogP contribution is -2.31. The van der Waals surface area contributed by atoms with Gasteiger partial charge in [0.05, 0.1) is 14.2 Å². The molecule has 0 aliphatic heterocycles. The van der Waals surface area contributed by atoms with Gasteiger partial charge in [0.15, 0.2) is 11.5 Å². The summed E-state index contributed by atoms with van der Waals surface area (Å²) in [4.78, 5) is 0. The Hall–Kier alpha value is -1.26. The van der Waals surface area contributed by atoms with E-state index in [0.29, 0.717) is 6.04 Å². The van der Waals surface area contributed by atoms with Crippen LogP contribution in [0.3, 0.4) is 0 Å². The molecule has 0 aliphatic carbocycles. The highest BCUT2D eigenvalue weighted by atomic mass is 16.5. The van der Waals surface area contributed by atoms with Crippen LogP contribution >= 0.6 is 0 Å². The van der Waals surface area contributed by atoms with E-state index in [2.05, 4.69) is 24.4 Å². The molecule has 0 radical (unpaired) electrons.